The number of carbonyl (C=O) groups excluding carboxylic acids is 2. The van der Waals surface area contributed by atoms with E-state index in [0.717, 1.165) is 38.8 Å². The van der Waals surface area contributed by atoms with Gasteiger partial charge in [0.25, 0.3) is 5.91 Å². The van der Waals surface area contributed by atoms with Crippen molar-refractivity contribution in [1.82, 2.24) is 20.2 Å². The molecule has 2 aliphatic heterocycles. The molecule has 8 nitrogen and oxygen atoms in total. The molecule has 0 bridgehead atoms. The maximum atomic E-state index is 12.5. The van der Waals surface area contributed by atoms with Gasteiger partial charge in [-0.2, -0.15) is 0 Å². The molecule has 0 radical (unpaired) electrons. The van der Waals surface area contributed by atoms with Crippen molar-refractivity contribution in [2.24, 2.45) is 11.7 Å². The molecule has 25 heavy (non-hydrogen) atoms. The van der Waals surface area contributed by atoms with Crippen LogP contribution in [0.5, 0.6) is 0 Å². The first-order valence-electron chi connectivity index (χ1n) is 8.64. The molecule has 0 aromatic carbocycles. The SMILES string of the molecule is NC(=O)N1CCCC(CNC(=O)c2nc(N3CCCC3)ncc2Cl)C1. The van der Waals surface area contributed by atoms with E-state index >= 15 is 0 Å². The summed E-state index contributed by atoms with van der Waals surface area (Å²) in [4.78, 5) is 36.0. The largest absolute Gasteiger partial charge is 0.351 e. The van der Waals surface area contributed by atoms with Crippen LogP contribution in [-0.4, -0.2) is 59.5 Å². The minimum atomic E-state index is -0.412. The molecule has 1 unspecified atom stereocenters. The fraction of sp³-hybridized carbons (Fsp3) is 0.625. The predicted molar refractivity (Wildman–Crippen MR) is 94.7 cm³/mol. The molecule has 1 atom stereocenters. The van der Waals surface area contributed by atoms with E-state index < -0.39 is 6.03 Å². The molecular weight excluding hydrogens is 344 g/mol. The van der Waals surface area contributed by atoms with Gasteiger partial charge in [0.05, 0.1) is 11.2 Å². The number of nitrogens with one attached hydrogen (secondary N) is 1. The summed E-state index contributed by atoms with van der Waals surface area (Å²) in [7, 11) is 0. The van der Waals surface area contributed by atoms with E-state index in [2.05, 4.69) is 20.2 Å². The Morgan fingerprint density at radius 1 is 1.28 bits per heavy atom. The maximum Gasteiger partial charge on any atom is 0.314 e. The molecule has 0 aliphatic carbocycles. The Morgan fingerprint density at radius 2 is 2.04 bits per heavy atom. The average molecular weight is 367 g/mol. The van der Waals surface area contributed by atoms with Crippen LogP contribution in [0.3, 0.4) is 0 Å². The fourth-order valence-corrected chi connectivity index (χ4v) is 3.52. The Bertz CT molecular complexity index is 650. The highest BCUT2D eigenvalue weighted by Gasteiger charge is 2.24. The second kappa shape index (κ2) is 7.86. The number of urea groups is 1. The summed E-state index contributed by atoms with van der Waals surface area (Å²) in [6.45, 7) is 3.49. The maximum absolute atomic E-state index is 12.5. The molecular formula is C16H23ClN6O2. The summed E-state index contributed by atoms with van der Waals surface area (Å²) in [5, 5.41) is 3.11. The quantitative estimate of drug-likeness (QED) is 0.834. The van der Waals surface area contributed by atoms with Gasteiger partial charge in [0.15, 0.2) is 5.69 Å². The van der Waals surface area contributed by atoms with E-state index in [1.165, 1.54) is 6.20 Å². The lowest BCUT2D eigenvalue weighted by atomic mass is 9.98. The van der Waals surface area contributed by atoms with Gasteiger partial charge in [-0.1, -0.05) is 11.6 Å². The van der Waals surface area contributed by atoms with Crippen LogP contribution in [0.1, 0.15) is 36.2 Å². The Hall–Kier alpha value is -2.09. The second-order valence-corrected chi connectivity index (χ2v) is 6.97. The van der Waals surface area contributed by atoms with Crippen LogP contribution < -0.4 is 16.0 Å². The topological polar surface area (TPSA) is 104 Å². The lowest BCUT2D eigenvalue weighted by Crippen LogP contribution is -2.45. The lowest BCUT2D eigenvalue weighted by molar-refractivity contribution is 0.0933. The monoisotopic (exact) mass is 366 g/mol. The van der Waals surface area contributed by atoms with Gasteiger partial charge in [-0.3, -0.25) is 4.79 Å². The Balaban J connectivity index is 1.61. The predicted octanol–water partition coefficient (Wildman–Crippen LogP) is 1.25. The smallest absolute Gasteiger partial charge is 0.314 e. The highest BCUT2D eigenvalue weighted by atomic mass is 35.5. The first-order valence-corrected chi connectivity index (χ1v) is 9.02. The van der Waals surface area contributed by atoms with Crippen LogP contribution in [0.25, 0.3) is 0 Å². The van der Waals surface area contributed by atoms with Gasteiger partial charge < -0.3 is 20.9 Å². The molecule has 9 heteroatoms. The number of nitrogens with zero attached hydrogens (tertiary/aromatic N) is 4. The summed E-state index contributed by atoms with van der Waals surface area (Å²) in [5.74, 6) is 0.414. The number of carbonyl (C=O) groups is 2. The highest BCUT2D eigenvalue weighted by Crippen LogP contribution is 2.20. The van der Waals surface area contributed by atoms with E-state index in [1.807, 2.05) is 0 Å². The van der Waals surface area contributed by atoms with Crippen molar-refractivity contribution in [3.05, 3.63) is 16.9 Å². The number of anilines is 1. The molecule has 0 spiro atoms. The van der Waals surface area contributed by atoms with Gasteiger partial charge in [-0.15, -0.1) is 0 Å². The number of nitrogens with two attached hydrogens (primary N) is 1. The third-order valence-corrected chi connectivity index (χ3v) is 4.99. The molecule has 2 aliphatic rings. The first-order chi connectivity index (χ1) is 12.0. The minimum absolute atomic E-state index is 0.184. The van der Waals surface area contributed by atoms with Gasteiger partial charge in [0.1, 0.15) is 0 Å². The molecule has 1 aromatic heterocycles. The molecule has 136 valence electrons. The number of aromatic nitrogens is 2. The van der Waals surface area contributed by atoms with Gasteiger partial charge >= 0.3 is 6.03 Å². The summed E-state index contributed by atoms with van der Waals surface area (Å²) in [6.07, 6.45) is 5.51. The zero-order chi connectivity index (χ0) is 17.8. The Kier molecular flexibility index (Phi) is 5.57. The molecule has 0 saturated carbocycles. The number of rotatable bonds is 4. The number of primary amides is 1. The zero-order valence-corrected chi connectivity index (χ0v) is 14.8. The number of amides is 3. The summed E-state index contributed by atoms with van der Waals surface area (Å²) >= 11 is 6.11. The van der Waals surface area contributed by atoms with E-state index in [4.69, 9.17) is 17.3 Å². The van der Waals surface area contributed by atoms with Gasteiger partial charge in [0.2, 0.25) is 5.95 Å². The fourth-order valence-electron chi connectivity index (χ4n) is 3.34. The van der Waals surface area contributed by atoms with Crippen LogP contribution >= 0.6 is 11.6 Å². The van der Waals surface area contributed by atoms with E-state index in [1.54, 1.807) is 4.90 Å². The van der Waals surface area contributed by atoms with E-state index in [-0.39, 0.29) is 22.5 Å². The Morgan fingerprint density at radius 3 is 2.76 bits per heavy atom. The standard InChI is InChI=1S/C16H23ClN6O2/c17-12-9-20-16(22-5-1-2-6-22)21-13(12)14(24)19-8-11-4-3-7-23(10-11)15(18)25/h9,11H,1-8,10H2,(H2,18,25)(H,19,24). The van der Waals surface area contributed by atoms with Crippen LogP contribution in [0, 0.1) is 5.92 Å². The number of piperidine rings is 1. The molecule has 3 N–H and O–H groups in total. The second-order valence-electron chi connectivity index (χ2n) is 6.56. The molecule has 2 fully saturated rings. The molecule has 3 heterocycles. The molecule has 3 rings (SSSR count). The molecule has 2 saturated heterocycles. The highest BCUT2D eigenvalue weighted by molar-refractivity contribution is 6.33. The number of halogens is 1. The van der Waals surface area contributed by atoms with Gasteiger partial charge in [-0.25, -0.2) is 14.8 Å². The summed E-state index contributed by atoms with van der Waals surface area (Å²) in [5.41, 5.74) is 5.53. The third-order valence-electron chi connectivity index (χ3n) is 4.72. The van der Waals surface area contributed by atoms with Crippen molar-refractivity contribution in [1.29, 1.82) is 0 Å². The molecule has 1 aromatic rings. The van der Waals surface area contributed by atoms with Crippen LogP contribution in [-0.2, 0) is 0 Å². The van der Waals surface area contributed by atoms with Crippen molar-refractivity contribution < 1.29 is 9.59 Å². The molecule has 3 amide bonds. The number of hydrogen-bond donors (Lipinski definition) is 2. The normalized spacial score (nSPS) is 20.6. The number of likely N-dealkylation sites (tertiary alicyclic amines) is 1. The van der Waals surface area contributed by atoms with Crippen LogP contribution in [0.4, 0.5) is 10.7 Å². The van der Waals surface area contributed by atoms with Crippen molar-refractivity contribution in [2.75, 3.05) is 37.6 Å². The van der Waals surface area contributed by atoms with Crippen LogP contribution in [0.2, 0.25) is 5.02 Å². The van der Waals surface area contributed by atoms with Crippen molar-refractivity contribution in [3.63, 3.8) is 0 Å². The van der Waals surface area contributed by atoms with Crippen molar-refractivity contribution in [3.8, 4) is 0 Å². The first kappa shape index (κ1) is 17.7. The van der Waals surface area contributed by atoms with Crippen LogP contribution in [0.15, 0.2) is 6.20 Å². The lowest BCUT2D eigenvalue weighted by Gasteiger charge is -2.31. The van der Waals surface area contributed by atoms with Crippen molar-refractivity contribution >= 4 is 29.5 Å². The Labute approximate surface area is 151 Å². The van der Waals surface area contributed by atoms with E-state index in [9.17, 15) is 9.59 Å². The van der Waals surface area contributed by atoms with E-state index in [0.29, 0.717) is 25.6 Å². The zero-order valence-electron chi connectivity index (χ0n) is 14.1. The average Bonchev–Trinajstić information content (AvgIpc) is 3.15. The number of hydrogen-bond acceptors (Lipinski definition) is 5. The third kappa shape index (κ3) is 4.31. The van der Waals surface area contributed by atoms with Gasteiger partial charge in [-0.05, 0) is 31.6 Å². The minimum Gasteiger partial charge on any atom is -0.351 e. The summed E-state index contributed by atoms with van der Waals surface area (Å²) in [6, 6.07) is -0.412. The summed E-state index contributed by atoms with van der Waals surface area (Å²) < 4.78 is 0. The van der Waals surface area contributed by atoms with Gasteiger partial charge in [0, 0.05) is 32.7 Å². The van der Waals surface area contributed by atoms with Crippen molar-refractivity contribution in [2.45, 2.75) is 25.7 Å².